The number of methoxy groups -OCH3 is 1. The van der Waals surface area contributed by atoms with Crippen molar-refractivity contribution in [2.45, 2.75) is 19.8 Å². The van der Waals surface area contributed by atoms with Gasteiger partial charge in [-0.2, -0.15) is 4.98 Å². The van der Waals surface area contributed by atoms with Crippen molar-refractivity contribution >= 4 is 45.9 Å². The van der Waals surface area contributed by atoms with Gasteiger partial charge in [0.25, 0.3) is 11.5 Å². The van der Waals surface area contributed by atoms with E-state index in [0.717, 1.165) is 12.8 Å². The zero-order valence-electron chi connectivity index (χ0n) is 17.6. The Morgan fingerprint density at radius 3 is 2.59 bits per heavy atom. The number of hydrogen-bond acceptors (Lipinski definition) is 7. The molecule has 7 nitrogen and oxygen atoms in total. The summed E-state index contributed by atoms with van der Waals surface area (Å²) in [5, 5.41) is 0. The van der Waals surface area contributed by atoms with Gasteiger partial charge in [0.05, 0.1) is 12.0 Å². The maximum Gasteiger partial charge on any atom is 0.269 e. The predicted molar refractivity (Wildman–Crippen MR) is 129 cm³/mol. The van der Waals surface area contributed by atoms with Crippen LogP contribution in [0.15, 0.2) is 58.4 Å². The van der Waals surface area contributed by atoms with Crippen LogP contribution in [0.2, 0.25) is 0 Å². The smallest absolute Gasteiger partial charge is 0.269 e. The summed E-state index contributed by atoms with van der Waals surface area (Å²) in [5.74, 6) is 1.08. The molecule has 0 atom stereocenters. The van der Waals surface area contributed by atoms with Crippen LogP contribution in [-0.2, 0) is 4.79 Å². The van der Waals surface area contributed by atoms with Gasteiger partial charge in [-0.25, -0.2) is 0 Å². The van der Waals surface area contributed by atoms with Gasteiger partial charge in [-0.05, 0) is 48.9 Å². The minimum Gasteiger partial charge on any atom is -0.497 e. The second-order valence-corrected chi connectivity index (χ2v) is 8.70. The molecule has 1 fully saturated rings. The summed E-state index contributed by atoms with van der Waals surface area (Å²) < 4.78 is 13.1. The Bertz CT molecular complexity index is 1270. The van der Waals surface area contributed by atoms with Gasteiger partial charge in [-0.1, -0.05) is 43.4 Å². The van der Waals surface area contributed by atoms with Crippen LogP contribution in [0, 0.1) is 0 Å². The third-order valence-electron chi connectivity index (χ3n) is 4.89. The van der Waals surface area contributed by atoms with Crippen molar-refractivity contribution in [3.63, 3.8) is 0 Å². The molecule has 0 bridgehead atoms. The van der Waals surface area contributed by atoms with Crippen LogP contribution in [0.4, 0.5) is 0 Å². The second kappa shape index (κ2) is 9.54. The molecule has 3 aromatic rings. The molecule has 0 spiro atoms. The number of amides is 1. The maximum atomic E-state index is 13.3. The van der Waals surface area contributed by atoms with Crippen LogP contribution < -0.4 is 15.0 Å². The van der Waals surface area contributed by atoms with Gasteiger partial charge in [-0.3, -0.25) is 18.9 Å². The van der Waals surface area contributed by atoms with E-state index in [1.165, 1.54) is 22.2 Å². The fourth-order valence-corrected chi connectivity index (χ4v) is 4.47. The zero-order chi connectivity index (χ0) is 22.7. The number of fused-ring (bicyclic) bond motifs is 1. The molecule has 4 rings (SSSR count). The van der Waals surface area contributed by atoms with Gasteiger partial charge >= 0.3 is 0 Å². The summed E-state index contributed by atoms with van der Waals surface area (Å²) >= 11 is 6.56. The van der Waals surface area contributed by atoms with E-state index in [2.05, 4.69) is 11.9 Å². The van der Waals surface area contributed by atoms with E-state index < -0.39 is 0 Å². The molecule has 32 heavy (non-hydrogen) atoms. The third kappa shape index (κ3) is 4.39. The average Bonchev–Trinajstić information content (AvgIpc) is 3.07. The molecule has 2 aromatic heterocycles. The Morgan fingerprint density at radius 1 is 1.12 bits per heavy atom. The summed E-state index contributed by atoms with van der Waals surface area (Å²) in [4.78, 5) is 32.7. The number of aromatic nitrogens is 2. The van der Waals surface area contributed by atoms with E-state index in [4.69, 9.17) is 21.7 Å². The molecule has 1 saturated heterocycles. The van der Waals surface area contributed by atoms with Crippen molar-refractivity contribution in [2.24, 2.45) is 0 Å². The van der Waals surface area contributed by atoms with E-state index >= 15 is 0 Å². The molecule has 0 N–H and O–H groups in total. The molecule has 0 saturated carbocycles. The van der Waals surface area contributed by atoms with Crippen molar-refractivity contribution in [3.05, 3.63) is 69.5 Å². The van der Waals surface area contributed by atoms with E-state index in [1.807, 2.05) is 0 Å². The highest BCUT2D eigenvalue weighted by molar-refractivity contribution is 8.26. The van der Waals surface area contributed by atoms with Gasteiger partial charge in [0, 0.05) is 12.7 Å². The Kier molecular flexibility index (Phi) is 6.57. The fourth-order valence-electron chi connectivity index (χ4n) is 3.18. The summed E-state index contributed by atoms with van der Waals surface area (Å²) in [7, 11) is 1.58. The topological polar surface area (TPSA) is 73.1 Å². The molecule has 164 valence electrons. The Hall–Kier alpha value is -3.17. The number of pyridine rings is 1. The molecule has 1 aliphatic rings. The van der Waals surface area contributed by atoms with Gasteiger partial charge in [-0.15, -0.1) is 0 Å². The highest BCUT2D eigenvalue weighted by Crippen LogP contribution is 2.34. The number of rotatable bonds is 7. The quantitative estimate of drug-likeness (QED) is 0.374. The van der Waals surface area contributed by atoms with E-state index in [9.17, 15) is 9.59 Å². The molecule has 1 amide bonds. The Balaban J connectivity index is 1.78. The number of benzene rings is 1. The highest BCUT2D eigenvalue weighted by atomic mass is 32.2. The van der Waals surface area contributed by atoms with E-state index in [-0.39, 0.29) is 22.9 Å². The van der Waals surface area contributed by atoms with Crippen molar-refractivity contribution in [3.8, 4) is 17.4 Å². The van der Waals surface area contributed by atoms with Gasteiger partial charge in [0.15, 0.2) is 0 Å². The molecule has 0 aliphatic carbocycles. The SMILES string of the molecule is CCCCN1C(=O)C(=Cc2c(Oc3ccc(OC)cc3)nc3ccccn3c2=O)SC1=S. The third-order valence-corrected chi connectivity index (χ3v) is 6.27. The lowest BCUT2D eigenvalue weighted by atomic mass is 10.2. The van der Waals surface area contributed by atoms with E-state index in [1.54, 1.807) is 60.7 Å². The molecule has 3 heterocycles. The summed E-state index contributed by atoms with van der Waals surface area (Å²) in [6.07, 6.45) is 4.96. The molecule has 0 unspecified atom stereocenters. The van der Waals surface area contributed by atoms with Crippen LogP contribution in [-0.4, -0.2) is 38.2 Å². The summed E-state index contributed by atoms with van der Waals surface area (Å²) in [6.45, 7) is 2.61. The molecular formula is C23H21N3O4S2. The number of thiocarbonyl (C=S) groups is 1. The molecular weight excluding hydrogens is 446 g/mol. The van der Waals surface area contributed by atoms with Crippen LogP contribution in [0.5, 0.6) is 17.4 Å². The normalized spacial score (nSPS) is 15.1. The first-order valence-electron chi connectivity index (χ1n) is 10.1. The molecule has 1 aliphatic heterocycles. The predicted octanol–water partition coefficient (Wildman–Crippen LogP) is 4.50. The van der Waals surface area contributed by atoms with Crippen molar-refractivity contribution in [2.75, 3.05) is 13.7 Å². The maximum absolute atomic E-state index is 13.3. The van der Waals surface area contributed by atoms with Crippen molar-refractivity contribution in [1.29, 1.82) is 0 Å². The van der Waals surface area contributed by atoms with Gasteiger partial charge in [0.1, 0.15) is 27.0 Å². The van der Waals surface area contributed by atoms with Crippen LogP contribution in [0.3, 0.4) is 0 Å². The number of carbonyl (C=O) groups excluding carboxylic acids is 1. The first-order valence-corrected chi connectivity index (χ1v) is 11.3. The summed E-state index contributed by atoms with van der Waals surface area (Å²) in [6, 6.07) is 12.2. The number of nitrogens with zero attached hydrogens (tertiary/aromatic N) is 3. The van der Waals surface area contributed by atoms with Crippen LogP contribution in [0.1, 0.15) is 25.3 Å². The first-order chi connectivity index (χ1) is 15.5. The lowest BCUT2D eigenvalue weighted by Gasteiger charge is -2.13. The number of thioether (sulfide) groups is 1. The monoisotopic (exact) mass is 467 g/mol. The lowest BCUT2D eigenvalue weighted by Crippen LogP contribution is -2.29. The standard InChI is InChI=1S/C23H21N3O4S2/c1-3-4-12-26-22(28)18(32-23(26)31)14-17-20(30-16-10-8-15(29-2)9-11-16)24-19-7-5-6-13-25(19)21(17)27/h5-11,13-14H,3-4,12H2,1-2H3. The van der Waals surface area contributed by atoms with Crippen molar-refractivity contribution < 1.29 is 14.3 Å². The molecule has 9 heteroatoms. The van der Waals surface area contributed by atoms with Crippen LogP contribution >= 0.6 is 24.0 Å². The molecule has 1 aromatic carbocycles. The van der Waals surface area contributed by atoms with Gasteiger partial charge in [0.2, 0.25) is 5.88 Å². The number of carbonyl (C=O) groups is 1. The average molecular weight is 468 g/mol. The van der Waals surface area contributed by atoms with E-state index in [0.29, 0.717) is 32.9 Å². The fraction of sp³-hybridized carbons (Fsp3) is 0.217. The minimum absolute atomic E-state index is 0.116. The number of hydrogen-bond donors (Lipinski definition) is 0. The Labute approximate surface area is 194 Å². The highest BCUT2D eigenvalue weighted by Gasteiger charge is 2.32. The van der Waals surface area contributed by atoms with Crippen molar-refractivity contribution in [1.82, 2.24) is 14.3 Å². The summed E-state index contributed by atoms with van der Waals surface area (Å²) in [5.41, 5.74) is 0.284. The zero-order valence-corrected chi connectivity index (χ0v) is 19.2. The number of ether oxygens (including phenoxy) is 2. The first kappa shape index (κ1) is 22.0. The Morgan fingerprint density at radius 2 is 1.88 bits per heavy atom. The van der Waals surface area contributed by atoms with Crippen LogP contribution in [0.25, 0.3) is 11.7 Å². The lowest BCUT2D eigenvalue weighted by molar-refractivity contribution is -0.122. The molecule has 0 radical (unpaired) electrons. The second-order valence-electron chi connectivity index (χ2n) is 7.03. The number of unbranched alkanes of at least 4 members (excludes halogenated alkanes) is 1. The largest absolute Gasteiger partial charge is 0.497 e. The minimum atomic E-state index is -0.335. The van der Waals surface area contributed by atoms with Gasteiger partial charge < -0.3 is 9.47 Å².